The minimum absolute atomic E-state index is 0.0202. The summed E-state index contributed by atoms with van der Waals surface area (Å²) >= 11 is 4.03. The van der Waals surface area contributed by atoms with Crippen LogP contribution < -0.4 is 5.32 Å². The molecule has 0 aromatic heterocycles. The smallest absolute Gasteiger partial charge is 0.303 e. The fourth-order valence-corrected chi connectivity index (χ4v) is 0.725. The van der Waals surface area contributed by atoms with Gasteiger partial charge in [0.05, 0.1) is 11.8 Å². The molecule has 70 valence electrons. The van der Waals surface area contributed by atoms with Crippen molar-refractivity contribution in [1.82, 2.24) is 5.32 Å². The number of carbonyl (C=O) groups is 2. The third-order valence-electron chi connectivity index (χ3n) is 1.28. The fourth-order valence-electron chi connectivity index (χ4n) is 0.581. The lowest BCUT2D eigenvalue weighted by atomic mass is 10.3. The fraction of sp³-hybridized carbons (Fsp3) is 0.714. The van der Waals surface area contributed by atoms with Gasteiger partial charge in [-0.05, 0) is 6.42 Å². The van der Waals surface area contributed by atoms with Crippen molar-refractivity contribution in [3.63, 3.8) is 0 Å². The molecule has 0 bridgehead atoms. The number of carboxylic acid groups (broad SMARTS) is 1. The number of carboxylic acids is 1. The summed E-state index contributed by atoms with van der Waals surface area (Å²) in [5, 5.41) is 10.6. The summed E-state index contributed by atoms with van der Waals surface area (Å²) in [6, 6.07) is 0. The summed E-state index contributed by atoms with van der Waals surface area (Å²) in [6.07, 6.45) is 0.615. The van der Waals surface area contributed by atoms with Gasteiger partial charge >= 0.3 is 5.97 Å². The Morgan fingerprint density at radius 3 is 2.50 bits per heavy atom. The van der Waals surface area contributed by atoms with E-state index in [9.17, 15) is 9.59 Å². The molecule has 0 saturated carbocycles. The molecule has 0 aromatic rings. The van der Waals surface area contributed by atoms with Crippen molar-refractivity contribution in [3.05, 3.63) is 0 Å². The molecule has 1 amide bonds. The zero-order chi connectivity index (χ0) is 9.56. The molecule has 0 aliphatic carbocycles. The van der Waals surface area contributed by atoms with Gasteiger partial charge in [0.1, 0.15) is 0 Å². The molecule has 0 aromatic carbocycles. The Hall–Kier alpha value is -0.710. The minimum Gasteiger partial charge on any atom is -0.481 e. The maximum Gasteiger partial charge on any atom is 0.303 e. The van der Waals surface area contributed by atoms with Crippen LogP contribution in [-0.2, 0) is 9.59 Å². The van der Waals surface area contributed by atoms with E-state index in [4.69, 9.17) is 5.11 Å². The normalized spacial score (nSPS) is 12.2. The van der Waals surface area contributed by atoms with Gasteiger partial charge in [-0.2, -0.15) is 12.6 Å². The first-order valence-corrected chi connectivity index (χ1v) is 4.27. The van der Waals surface area contributed by atoms with Crippen molar-refractivity contribution < 1.29 is 14.7 Å². The SMILES string of the molecule is CCC(S)NC(=O)CCC(=O)O. The van der Waals surface area contributed by atoms with Gasteiger partial charge in [0.25, 0.3) is 0 Å². The van der Waals surface area contributed by atoms with Crippen LogP contribution in [0.4, 0.5) is 0 Å². The maximum absolute atomic E-state index is 10.9. The van der Waals surface area contributed by atoms with Crippen LogP contribution >= 0.6 is 12.6 Å². The number of aliphatic carboxylic acids is 1. The highest BCUT2D eigenvalue weighted by Crippen LogP contribution is 1.97. The third kappa shape index (κ3) is 6.03. The summed E-state index contributed by atoms with van der Waals surface area (Å²) in [4.78, 5) is 21.0. The Bertz CT molecular complexity index is 172. The van der Waals surface area contributed by atoms with E-state index in [0.29, 0.717) is 0 Å². The van der Waals surface area contributed by atoms with E-state index in [1.54, 1.807) is 0 Å². The van der Waals surface area contributed by atoms with Crippen LogP contribution in [0.1, 0.15) is 26.2 Å². The van der Waals surface area contributed by atoms with Crippen LogP contribution in [0.15, 0.2) is 0 Å². The number of carbonyl (C=O) groups excluding carboxylic acids is 1. The molecule has 1 atom stereocenters. The van der Waals surface area contributed by atoms with Crippen molar-refractivity contribution in [2.45, 2.75) is 31.6 Å². The van der Waals surface area contributed by atoms with E-state index in [1.165, 1.54) is 0 Å². The van der Waals surface area contributed by atoms with Gasteiger partial charge in [0.2, 0.25) is 5.91 Å². The molecular formula is C7H13NO3S. The maximum atomic E-state index is 10.9. The monoisotopic (exact) mass is 191 g/mol. The Morgan fingerprint density at radius 2 is 2.08 bits per heavy atom. The summed E-state index contributed by atoms with van der Waals surface area (Å²) in [6.45, 7) is 1.88. The number of hydrogen-bond donors (Lipinski definition) is 3. The lowest BCUT2D eigenvalue weighted by molar-refractivity contribution is -0.138. The molecule has 0 saturated heterocycles. The molecule has 0 aliphatic rings. The minimum atomic E-state index is -0.961. The summed E-state index contributed by atoms with van der Waals surface area (Å²) in [7, 11) is 0. The van der Waals surface area contributed by atoms with Crippen LogP contribution in [0.2, 0.25) is 0 Å². The highest BCUT2D eigenvalue weighted by atomic mass is 32.1. The summed E-state index contributed by atoms with van der Waals surface area (Å²) in [5.41, 5.74) is 0. The third-order valence-corrected chi connectivity index (χ3v) is 1.77. The van der Waals surface area contributed by atoms with Gasteiger partial charge in [-0.25, -0.2) is 0 Å². The van der Waals surface area contributed by atoms with E-state index in [0.717, 1.165) is 6.42 Å². The van der Waals surface area contributed by atoms with Crippen LogP contribution in [0.3, 0.4) is 0 Å². The molecule has 12 heavy (non-hydrogen) atoms. The first-order valence-electron chi connectivity index (χ1n) is 3.75. The standard InChI is InChI=1S/C7H13NO3S/c1-2-6(12)8-5(9)3-4-7(10)11/h6,12H,2-4H2,1H3,(H,8,9)(H,10,11). The quantitative estimate of drug-likeness (QED) is 0.441. The van der Waals surface area contributed by atoms with E-state index in [-0.39, 0.29) is 24.1 Å². The number of nitrogens with one attached hydrogen (secondary N) is 1. The molecule has 4 nitrogen and oxygen atoms in total. The Balaban J connectivity index is 3.53. The highest BCUT2D eigenvalue weighted by molar-refractivity contribution is 7.80. The Morgan fingerprint density at radius 1 is 1.50 bits per heavy atom. The number of hydrogen-bond acceptors (Lipinski definition) is 3. The summed E-state index contributed by atoms with van der Waals surface area (Å²) < 4.78 is 0. The highest BCUT2D eigenvalue weighted by Gasteiger charge is 2.07. The molecule has 0 heterocycles. The Labute approximate surface area is 76.8 Å². The van der Waals surface area contributed by atoms with E-state index < -0.39 is 5.97 Å². The van der Waals surface area contributed by atoms with Crippen LogP contribution in [-0.4, -0.2) is 22.4 Å². The molecular weight excluding hydrogens is 178 g/mol. The second-order valence-electron chi connectivity index (χ2n) is 2.39. The van der Waals surface area contributed by atoms with E-state index in [1.807, 2.05) is 6.92 Å². The first-order chi connectivity index (χ1) is 5.56. The van der Waals surface area contributed by atoms with Crippen molar-refractivity contribution in [2.24, 2.45) is 0 Å². The molecule has 0 aliphatic heterocycles. The van der Waals surface area contributed by atoms with E-state index >= 15 is 0 Å². The number of thiol groups is 1. The van der Waals surface area contributed by atoms with Crippen molar-refractivity contribution in [3.8, 4) is 0 Å². The average molecular weight is 191 g/mol. The van der Waals surface area contributed by atoms with Crippen LogP contribution in [0.5, 0.6) is 0 Å². The second-order valence-corrected chi connectivity index (χ2v) is 3.01. The van der Waals surface area contributed by atoms with Gasteiger partial charge in [-0.15, -0.1) is 0 Å². The van der Waals surface area contributed by atoms with Gasteiger partial charge < -0.3 is 10.4 Å². The van der Waals surface area contributed by atoms with Crippen molar-refractivity contribution in [1.29, 1.82) is 0 Å². The lowest BCUT2D eigenvalue weighted by Gasteiger charge is -2.09. The first kappa shape index (κ1) is 11.3. The predicted octanol–water partition coefficient (Wildman–Crippen LogP) is 0.633. The van der Waals surface area contributed by atoms with Crippen molar-refractivity contribution in [2.75, 3.05) is 0 Å². The van der Waals surface area contributed by atoms with Gasteiger partial charge in [0.15, 0.2) is 0 Å². The second kappa shape index (κ2) is 5.88. The number of amides is 1. The zero-order valence-corrected chi connectivity index (χ0v) is 7.80. The average Bonchev–Trinajstić information content (AvgIpc) is 2.00. The van der Waals surface area contributed by atoms with Crippen molar-refractivity contribution >= 4 is 24.5 Å². The van der Waals surface area contributed by atoms with Gasteiger partial charge in [0, 0.05) is 6.42 Å². The van der Waals surface area contributed by atoms with Gasteiger partial charge in [-0.3, -0.25) is 9.59 Å². The van der Waals surface area contributed by atoms with Crippen LogP contribution in [0.25, 0.3) is 0 Å². The predicted molar refractivity (Wildman–Crippen MR) is 48.1 cm³/mol. The topological polar surface area (TPSA) is 66.4 Å². The largest absolute Gasteiger partial charge is 0.481 e. The molecule has 1 unspecified atom stereocenters. The summed E-state index contributed by atoms with van der Waals surface area (Å²) in [5.74, 6) is -1.23. The molecule has 0 spiro atoms. The molecule has 0 rings (SSSR count). The number of rotatable bonds is 5. The Kier molecular flexibility index (Phi) is 5.53. The molecule has 0 fully saturated rings. The molecule has 0 radical (unpaired) electrons. The van der Waals surface area contributed by atoms with Crippen LogP contribution in [0, 0.1) is 0 Å². The molecule has 5 heteroatoms. The van der Waals surface area contributed by atoms with E-state index in [2.05, 4.69) is 17.9 Å². The lowest BCUT2D eigenvalue weighted by Crippen LogP contribution is -2.30. The van der Waals surface area contributed by atoms with Gasteiger partial charge in [-0.1, -0.05) is 6.92 Å². The zero-order valence-electron chi connectivity index (χ0n) is 6.91. The molecule has 2 N–H and O–H groups in total.